The van der Waals surface area contributed by atoms with Crippen molar-refractivity contribution in [2.45, 2.75) is 39.3 Å². The zero-order valence-corrected chi connectivity index (χ0v) is 17.3. The first-order valence-corrected chi connectivity index (χ1v) is 9.48. The number of nitrogens with one attached hydrogen (secondary N) is 2. The number of amides is 1. The van der Waals surface area contributed by atoms with Crippen molar-refractivity contribution in [3.63, 3.8) is 0 Å². The number of anilines is 1. The van der Waals surface area contributed by atoms with Gasteiger partial charge in [0.2, 0.25) is 0 Å². The summed E-state index contributed by atoms with van der Waals surface area (Å²) in [7, 11) is 0. The second-order valence-electron chi connectivity index (χ2n) is 7.46. The number of β-amino-alcohol motifs (C(OH)–C–C–N with tert-alkyl or cyclic N) is 1. The summed E-state index contributed by atoms with van der Waals surface area (Å²) in [6.07, 6.45) is -0.849. The van der Waals surface area contributed by atoms with E-state index in [1.807, 2.05) is 27.7 Å². The standard InChI is InChI=1S/C21H27ClN2O4/c1-5-28-15-8-6-13(7-9-15)20(27)24-17-11-14(10-16(22)19(17)26)18(25)12-23-21(2,3)4/h6-11,18,23,25-26H,5,12H2,1-4H3,(H,24,27). The van der Waals surface area contributed by atoms with Crippen molar-refractivity contribution in [3.8, 4) is 11.5 Å². The number of carbonyl (C=O) groups excluding carboxylic acids is 1. The van der Waals surface area contributed by atoms with E-state index in [1.54, 1.807) is 24.3 Å². The summed E-state index contributed by atoms with van der Waals surface area (Å²) in [5, 5.41) is 26.5. The monoisotopic (exact) mass is 406 g/mol. The number of carbonyl (C=O) groups is 1. The Balaban J connectivity index is 2.18. The Kier molecular flexibility index (Phi) is 7.29. The average molecular weight is 407 g/mol. The summed E-state index contributed by atoms with van der Waals surface area (Å²) in [6, 6.07) is 9.66. The van der Waals surface area contributed by atoms with Crippen LogP contribution in [0.25, 0.3) is 0 Å². The van der Waals surface area contributed by atoms with Crippen molar-refractivity contribution in [2.24, 2.45) is 0 Å². The highest BCUT2D eigenvalue weighted by atomic mass is 35.5. The predicted molar refractivity (Wildman–Crippen MR) is 111 cm³/mol. The van der Waals surface area contributed by atoms with Gasteiger partial charge < -0.3 is 25.6 Å². The summed E-state index contributed by atoms with van der Waals surface area (Å²) >= 11 is 6.09. The van der Waals surface area contributed by atoms with Gasteiger partial charge in [0.15, 0.2) is 5.75 Å². The third-order valence-corrected chi connectivity index (χ3v) is 4.26. The lowest BCUT2D eigenvalue weighted by molar-refractivity contribution is 0.102. The van der Waals surface area contributed by atoms with Crippen molar-refractivity contribution < 1.29 is 19.7 Å². The van der Waals surface area contributed by atoms with Crippen LogP contribution in [0.5, 0.6) is 11.5 Å². The average Bonchev–Trinajstić information content (AvgIpc) is 2.63. The lowest BCUT2D eigenvalue weighted by Gasteiger charge is -2.23. The molecule has 0 saturated heterocycles. The third kappa shape index (κ3) is 6.12. The molecule has 0 aromatic heterocycles. The third-order valence-electron chi connectivity index (χ3n) is 3.97. The van der Waals surface area contributed by atoms with E-state index in [0.717, 1.165) is 0 Å². The molecule has 2 aromatic carbocycles. The zero-order chi connectivity index (χ0) is 20.9. The van der Waals surface area contributed by atoms with Gasteiger partial charge in [-0.05, 0) is 69.7 Å². The quantitative estimate of drug-likeness (QED) is 0.519. The van der Waals surface area contributed by atoms with Crippen LogP contribution in [-0.4, -0.2) is 34.8 Å². The maximum absolute atomic E-state index is 12.5. The Morgan fingerprint density at radius 1 is 1.21 bits per heavy atom. The van der Waals surface area contributed by atoms with Crippen LogP contribution in [0.15, 0.2) is 36.4 Å². The minimum Gasteiger partial charge on any atom is -0.504 e. The summed E-state index contributed by atoms with van der Waals surface area (Å²) in [4.78, 5) is 12.5. The fourth-order valence-corrected chi connectivity index (χ4v) is 2.72. The van der Waals surface area contributed by atoms with E-state index in [9.17, 15) is 15.0 Å². The van der Waals surface area contributed by atoms with Crippen molar-refractivity contribution >= 4 is 23.2 Å². The Labute approximate surface area is 170 Å². The summed E-state index contributed by atoms with van der Waals surface area (Å²) in [5.41, 5.74) is 0.865. The first-order chi connectivity index (χ1) is 13.1. The maximum atomic E-state index is 12.5. The molecule has 6 nitrogen and oxygen atoms in total. The van der Waals surface area contributed by atoms with Gasteiger partial charge in [-0.3, -0.25) is 4.79 Å². The molecule has 2 rings (SSSR count). The van der Waals surface area contributed by atoms with Gasteiger partial charge in [-0.1, -0.05) is 11.6 Å². The largest absolute Gasteiger partial charge is 0.504 e. The number of aliphatic hydroxyl groups excluding tert-OH is 1. The molecule has 0 aliphatic rings. The van der Waals surface area contributed by atoms with Crippen LogP contribution in [0.1, 0.15) is 49.7 Å². The van der Waals surface area contributed by atoms with Crippen LogP contribution in [0.2, 0.25) is 5.02 Å². The van der Waals surface area contributed by atoms with Crippen LogP contribution >= 0.6 is 11.6 Å². The molecule has 0 aliphatic heterocycles. The SMILES string of the molecule is CCOc1ccc(C(=O)Nc2cc(C(O)CNC(C)(C)C)cc(Cl)c2O)cc1. The molecule has 0 heterocycles. The number of hydrogen-bond donors (Lipinski definition) is 4. The van der Waals surface area contributed by atoms with Gasteiger partial charge in [-0.2, -0.15) is 0 Å². The Hall–Kier alpha value is -2.28. The zero-order valence-electron chi connectivity index (χ0n) is 16.5. The Bertz CT molecular complexity index is 816. The fraction of sp³-hybridized carbons (Fsp3) is 0.381. The lowest BCUT2D eigenvalue weighted by atomic mass is 10.0. The molecule has 0 saturated carbocycles. The van der Waals surface area contributed by atoms with Crippen molar-refractivity contribution in [3.05, 3.63) is 52.5 Å². The van der Waals surface area contributed by atoms with Crippen LogP contribution in [-0.2, 0) is 0 Å². The molecule has 7 heteroatoms. The van der Waals surface area contributed by atoms with E-state index in [0.29, 0.717) is 30.0 Å². The van der Waals surface area contributed by atoms with E-state index >= 15 is 0 Å². The van der Waals surface area contributed by atoms with Crippen molar-refractivity contribution in [1.29, 1.82) is 0 Å². The van der Waals surface area contributed by atoms with Gasteiger partial charge in [0.05, 0.1) is 23.4 Å². The number of aromatic hydroxyl groups is 1. The number of rotatable bonds is 7. The molecule has 0 radical (unpaired) electrons. The minimum atomic E-state index is -0.849. The van der Waals surface area contributed by atoms with Gasteiger partial charge in [0.1, 0.15) is 5.75 Å². The van der Waals surface area contributed by atoms with Crippen LogP contribution < -0.4 is 15.4 Å². The number of phenols is 1. The maximum Gasteiger partial charge on any atom is 0.255 e. The first-order valence-electron chi connectivity index (χ1n) is 9.10. The highest BCUT2D eigenvalue weighted by Gasteiger charge is 2.18. The molecule has 28 heavy (non-hydrogen) atoms. The Morgan fingerprint density at radius 2 is 1.86 bits per heavy atom. The minimum absolute atomic E-state index is 0.0503. The van der Waals surface area contributed by atoms with Crippen LogP contribution in [0.3, 0.4) is 0 Å². The molecular formula is C21H27ClN2O4. The first kappa shape index (κ1) is 22.0. The summed E-state index contributed by atoms with van der Waals surface area (Å²) in [6.45, 7) is 8.70. The molecule has 0 aliphatic carbocycles. The van der Waals surface area contributed by atoms with E-state index < -0.39 is 12.0 Å². The lowest BCUT2D eigenvalue weighted by Crippen LogP contribution is -2.38. The van der Waals surface area contributed by atoms with Gasteiger partial charge in [-0.25, -0.2) is 0 Å². The predicted octanol–water partition coefficient (Wildman–Crippen LogP) is 4.12. The number of halogens is 1. The molecule has 4 N–H and O–H groups in total. The van der Waals surface area contributed by atoms with Crippen molar-refractivity contribution in [2.75, 3.05) is 18.5 Å². The fourth-order valence-electron chi connectivity index (χ4n) is 2.49. The van der Waals surface area contributed by atoms with Gasteiger partial charge in [-0.15, -0.1) is 0 Å². The molecule has 0 fully saturated rings. The highest BCUT2D eigenvalue weighted by molar-refractivity contribution is 6.32. The van der Waals surface area contributed by atoms with Gasteiger partial charge in [0, 0.05) is 17.6 Å². The molecule has 152 valence electrons. The molecule has 0 bridgehead atoms. The van der Waals surface area contributed by atoms with E-state index in [4.69, 9.17) is 16.3 Å². The number of phenolic OH excluding ortho intramolecular Hbond substituents is 1. The smallest absolute Gasteiger partial charge is 0.255 e. The number of benzene rings is 2. The summed E-state index contributed by atoms with van der Waals surface area (Å²) in [5.74, 6) is 0.0102. The molecule has 0 spiro atoms. The van der Waals surface area contributed by atoms with E-state index in [2.05, 4.69) is 10.6 Å². The van der Waals surface area contributed by atoms with E-state index in [1.165, 1.54) is 12.1 Å². The molecule has 2 aromatic rings. The van der Waals surface area contributed by atoms with Crippen LogP contribution in [0.4, 0.5) is 5.69 Å². The van der Waals surface area contributed by atoms with E-state index in [-0.39, 0.29) is 22.0 Å². The molecule has 1 amide bonds. The normalized spacial score (nSPS) is 12.5. The highest BCUT2D eigenvalue weighted by Crippen LogP contribution is 2.35. The van der Waals surface area contributed by atoms with Gasteiger partial charge in [0.25, 0.3) is 5.91 Å². The van der Waals surface area contributed by atoms with Gasteiger partial charge >= 0.3 is 0 Å². The summed E-state index contributed by atoms with van der Waals surface area (Å²) < 4.78 is 5.36. The second kappa shape index (κ2) is 9.28. The Morgan fingerprint density at radius 3 is 2.43 bits per heavy atom. The topological polar surface area (TPSA) is 90.8 Å². The van der Waals surface area contributed by atoms with Crippen molar-refractivity contribution in [1.82, 2.24) is 5.32 Å². The number of ether oxygens (including phenoxy) is 1. The molecule has 1 unspecified atom stereocenters. The molecule has 1 atom stereocenters. The second-order valence-corrected chi connectivity index (χ2v) is 7.86. The van der Waals surface area contributed by atoms with Crippen LogP contribution in [0, 0.1) is 0 Å². The molecular weight excluding hydrogens is 380 g/mol. The number of hydrogen-bond acceptors (Lipinski definition) is 5. The number of aliphatic hydroxyl groups is 1.